The third kappa shape index (κ3) is 5.56. The molecule has 0 saturated carbocycles. The summed E-state index contributed by atoms with van der Waals surface area (Å²) in [6, 6.07) is 7.09. The van der Waals surface area contributed by atoms with E-state index < -0.39 is 10.0 Å². The van der Waals surface area contributed by atoms with Gasteiger partial charge < -0.3 is 10.2 Å². The molecule has 1 saturated heterocycles. The van der Waals surface area contributed by atoms with Crippen molar-refractivity contribution in [3.8, 4) is 0 Å². The molecule has 2 rings (SSSR count). The van der Waals surface area contributed by atoms with E-state index in [1.165, 1.54) is 0 Å². The van der Waals surface area contributed by atoms with E-state index in [1.807, 2.05) is 26.2 Å². The second-order valence-corrected chi connectivity index (χ2v) is 7.26. The van der Waals surface area contributed by atoms with Gasteiger partial charge in [-0.15, -0.1) is 12.4 Å². The molecule has 1 aromatic carbocycles. The second kappa shape index (κ2) is 8.10. The van der Waals surface area contributed by atoms with Crippen molar-refractivity contribution in [2.45, 2.75) is 30.3 Å². The quantitative estimate of drug-likeness (QED) is 0.850. The maximum atomic E-state index is 12.3. The number of hydrogen-bond acceptors (Lipinski definition) is 4. The van der Waals surface area contributed by atoms with Gasteiger partial charge in [-0.05, 0) is 51.2 Å². The fraction of sp³-hybridized carbons (Fsp3) is 0.571. The number of hydrogen-bond donors (Lipinski definition) is 2. The number of nitrogens with one attached hydrogen (secondary N) is 2. The van der Waals surface area contributed by atoms with Crippen LogP contribution in [0, 0.1) is 0 Å². The summed E-state index contributed by atoms with van der Waals surface area (Å²) in [6.45, 7) is 2.48. The summed E-state index contributed by atoms with van der Waals surface area (Å²) in [7, 11) is 0.568. The van der Waals surface area contributed by atoms with Gasteiger partial charge in [0.05, 0.1) is 4.90 Å². The summed E-state index contributed by atoms with van der Waals surface area (Å²) in [5, 5.41) is 3.21. The van der Waals surface area contributed by atoms with Gasteiger partial charge in [-0.1, -0.05) is 12.1 Å². The smallest absolute Gasteiger partial charge is 0.240 e. The van der Waals surface area contributed by atoms with Gasteiger partial charge in [0.15, 0.2) is 0 Å². The Labute approximate surface area is 133 Å². The maximum Gasteiger partial charge on any atom is 0.240 e. The van der Waals surface area contributed by atoms with Crippen LogP contribution in [0.1, 0.15) is 18.4 Å². The highest BCUT2D eigenvalue weighted by Gasteiger charge is 2.21. The molecule has 0 spiro atoms. The van der Waals surface area contributed by atoms with Crippen LogP contribution in [0.15, 0.2) is 29.2 Å². The normalized spacial score (nSPS) is 19.3. The zero-order valence-electron chi connectivity index (χ0n) is 12.5. The number of rotatable bonds is 5. The fourth-order valence-corrected chi connectivity index (χ4v) is 3.65. The number of piperidine rings is 1. The fourth-order valence-electron chi connectivity index (χ4n) is 2.38. The molecule has 0 radical (unpaired) electrons. The van der Waals surface area contributed by atoms with Crippen LogP contribution in [-0.2, 0) is 16.6 Å². The highest BCUT2D eigenvalue weighted by atomic mass is 35.5. The first kappa shape index (κ1) is 18.4. The minimum absolute atomic E-state index is 0. The molecule has 0 aromatic heterocycles. The summed E-state index contributed by atoms with van der Waals surface area (Å²) >= 11 is 0. The molecule has 0 unspecified atom stereocenters. The topological polar surface area (TPSA) is 61.4 Å². The van der Waals surface area contributed by atoms with E-state index >= 15 is 0 Å². The molecule has 0 aliphatic carbocycles. The molecule has 5 nitrogen and oxygen atoms in total. The van der Waals surface area contributed by atoms with Crippen LogP contribution in [0.3, 0.4) is 0 Å². The summed E-state index contributed by atoms with van der Waals surface area (Å²) in [6.07, 6.45) is 1.90. The van der Waals surface area contributed by atoms with Gasteiger partial charge in [-0.25, -0.2) is 13.1 Å². The summed E-state index contributed by atoms with van der Waals surface area (Å²) < 4.78 is 27.3. The molecule has 1 aromatic rings. The molecule has 1 atom stereocenters. The molecule has 21 heavy (non-hydrogen) atoms. The lowest BCUT2D eigenvalue weighted by Crippen LogP contribution is -2.45. The van der Waals surface area contributed by atoms with E-state index in [9.17, 15) is 8.42 Å². The predicted molar refractivity (Wildman–Crippen MR) is 87.3 cm³/mol. The van der Waals surface area contributed by atoms with Crippen LogP contribution < -0.4 is 10.0 Å². The molecule has 1 aliphatic rings. The van der Waals surface area contributed by atoms with Gasteiger partial charge in [0.25, 0.3) is 0 Å². The van der Waals surface area contributed by atoms with Crippen LogP contribution in [0.5, 0.6) is 0 Å². The number of benzene rings is 1. The SMILES string of the molecule is CN(C)Cc1ccc(S(=O)(=O)N[C@H]2CCCNC2)cc1.Cl. The van der Waals surface area contributed by atoms with E-state index in [4.69, 9.17) is 0 Å². The molecule has 1 fully saturated rings. The van der Waals surface area contributed by atoms with Crippen molar-refractivity contribution in [2.24, 2.45) is 0 Å². The van der Waals surface area contributed by atoms with E-state index in [2.05, 4.69) is 14.9 Å². The number of halogens is 1. The van der Waals surface area contributed by atoms with E-state index in [1.54, 1.807) is 12.1 Å². The summed E-state index contributed by atoms with van der Waals surface area (Å²) in [5.41, 5.74) is 1.10. The maximum absolute atomic E-state index is 12.3. The van der Waals surface area contributed by atoms with Crippen LogP contribution >= 0.6 is 12.4 Å². The van der Waals surface area contributed by atoms with Crippen molar-refractivity contribution >= 4 is 22.4 Å². The first-order chi connectivity index (χ1) is 9.47. The molecule has 1 heterocycles. The van der Waals surface area contributed by atoms with Crippen molar-refractivity contribution < 1.29 is 8.42 Å². The van der Waals surface area contributed by atoms with Gasteiger partial charge >= 0.3 is 0 Å². The Morgan fingerprint density at radius 1 is 1.29 bits per heavy atom. The number of nitrogens with zero attached hydrogens (tertiary/aromatic N) is 1. The first-order valence-electron chi connectivity index (χ1n) is 6.94. The van der Waals surface area contributed by atoms with Gasteiger partial charge in [0.1, 0.15) is 0 Å². The lowest BCUT2D eigenvalue weighted by atomic mass is 10.1. The van der Waals surface area contributed by atoms with Crippen LogP contribution in [-0.4, -0.2) is 46.5 Å². The molecule has 7 heteroatoms. The van der Waals surface area contributed by atoms with E-state index in [-0.39, 0.29) is 18.4 Å². The minimum Gasteiger partial charge on any atom is -0.315 e. The van der Waals surface area contributed by atoms with Crippen molar-refractivity contribution in [3.05, 3.63) is 29.8 Å². The lowest BCUT2D eigenvalue weighted by Gasteiger charge is -2.23. The van der Waals surface area contributed by atoms with Gasteiger partial charge in [-0.3, -0.25) is 0 Å². The van der Waals surface area contributed by atoms with Crippen LogP contribution in [0.25, 0.3) is 0 Å². The Morgan fingerprint density at radius 2 is 1.95 bits per heavy atom. The summed E-state index contributed by atoms with van der Waals surface area (Å²) in [4.78, 5) is 2.39. The van der Waals surface area contributed by atoms with Crippen molar-refractivity contribution in [1.29, 1.82) is 0 Å². The van der Waals surface area contributed by atoms with Gasteiger partial charge in [-0.2, -0.15) is 0 Å². The third-order valence-corrected chi connectivity index (χ3v) is 4.89. The Kier molecular flexibility index (Phi) is 7.09. The Hall–Kier alpha value is -0.660. The largest absolute Gasteiger partial charge is 0.315 e. The zero-order valence-corrected chi connectivity index (χ0v) is 14.1. The van der Waals surface area contributed by atoms with Crippen LogP contribution in [0.4, 0.5) is 0 Å². The molecular weight excluding hydrogens is 310 g/mol. The molecule has 0 amide bonds. The van der Waals surface area contributed by atoms with E-state index in [0.717, 1.165) is 31.5 Å². The average molecular weight is 334 g/mol. The second-order valence-electron chi connectivity index (χ2n) is 5.55. The first-order valence-corrected chi connectivity index (χ1v) is 8.42. The minimum atomic E-state index is -3.41. The molecule has 0 bridgehead atoms. The monoisotopic (exact) mass is 333 g/mol. The summed E-state index contributed by atoms with van der Waals surface area (Å²) in [5.74, 6) is 0. The van der Waals surface area contributed by atoms with Crippen molar-refractivity contribution in [1.82, 2.24) is 14.9 Å². The Morgan fingerprint density at radius 3 is 2.48 bits per heavy atom. The van der Waals surface area contributed by atoms with Crippen molar-refractivity contribution in [3.63, 3.8) is 0 Å². The Bertz CT molecular complexity index is 526. The van der Waals surface area contributed by atoms with Crippen LogP contribution in [0.2, 0.25) is 0 Å². The Balaban J connectivity index is 0.00000220. The molecule has 120 valence electrons. The van der Waals surface area contributed by atoms with Crippen molar-refractivity contribution in [2.75, 3.05) is 27.2 Å². The zero-order chi connectivity index (χ0) is 14.6. The average Bonchev–Trinajstić information content (AvgIpc) is 2.39. The highest BCUT2D eigenvalue weighted by Crippen LogP contribution is 2.13. The lowest BCUT2D eigenvalue weighted by molar-refractivity contribution is 0.402. The number of sulfonamides is 1. The molecular formula is C14H24ClN3O2S. The molecule has 1 aliphatic heterocycles. The highest BCUT2D eigenvalue weighted by molar-refractivity contribution is 7.89. The third-order valence-electron chi connectivity index (χ3n) is 3.35. The predicted octanol–water partition coefficient (Wildman–Crippen LogP) is 1.20. The molecule has 2 N–H and O–H groups in total. The van der Waals surface area contributed by atoms with Gasteiger partial charge in [0, 0.05) is 19.1 Å². The van der Waals surface area contributed by atoms with Gasteiger partial charge in [0.2, 0.25) is 10.0 Å². The van der Waals surface area contributed by atoms with E-state index in [0.29, 0.717) is 11.4 Å². The standard InChI is InChI=1S/C14H23N3O2S.ClH/c1-17(2)11-12-5-7-14(8-6-12)20(18,19)16-13-4-3-9-15-10-13;/h5-8,13,15-16H,3-4,9-11H2,1-2H3;1H/t13-;/m0./s1.